The number of ether oxygens (including phenoxy) is 1. The second-order valence-corrected chi connectivity index (χ2v) is 7.63. The van der Waals surface area contributed by atoms with Gasteiger partial charge in [-0.15, -0.1) is 0 Å². The summed E-state index contributed by atoms with van der Waals surface area (Å²) in [4.78, 5) is 14.3. The van der Waals surface area contributed by atoms with Gasteiger partial charge in [-0.05, 0) is 70.8 Å². The van der Waals surface area contributed by atoms with Crippen LogP contribution in [-0.2, 0) is 4.74 Å². The normalized spacial score (nSPS) is 18.2. The number of carbonyl (C=O) groups is 1. The number of amides is 1. The van der Waals surface area contributed by atoms with Crippen LogP contribution in [0.5, 0.6) is 0 Å². The van der Waals surface area contributed by atoms with Crippen LogP contribution in [0.15, 0.2) is 24.3 Å². The first kappa shape index (κ1) is 18.7. The van der Waals surface area contributed by atoms with Gasteiger partial charge in [0.15, 0.2) is 0 Å². The minimum absolute atomic E-state index is 0.160. The highest BCUT2D eigenvalue weighted by Crippen LogP contribution is 2.28. The summed E-state index contributed by atoms with van der Waals surface area (Å²) in [6.07, 6.45) is 1.84. The highest BCUT2D eigenvalue weighted by Gasteiger charge is 2.21. The first-order valence-corrected chi connectivity index (χ1v) is 8.67. The van der Waals surface area contributed by atoms with Crippen molar-refractivity contribution in [3.05, 3.63) is 35.4 Å². The van der Waals surface area contributed by atoms with E-state index in [2.05, 4.69) is 29.4 Å². The summed E-state index contributed by atoms with van der Waals surface area (Å²) >= 11 is 0. The molecule has 1 saturated heterocycles. The van der Waals surface area contributed by atoms with E-state index in [0.29, 0.717) is 5.92 Å². The average Bonchev–Trinajstić information content (AvgIpc) is 2.52. The maximum absolute atomic E-state index is 11.9. The number of rotatable bonds is 4. The van der Waals surface area contributed by atoms with Crippen LogP contribution in [0.3, 0.4) is 0 Å². The van der Waals surface area contributed by atoms with E-state index in [1.54, 1.807) is 0 Å². The molecule has 0 aromatic heterocycles. The largest absolute Gasteiger partial charge is 0.444 e. The molecule has 24 heavy (non-hydrogen) atoms. The lowest BCUT2D eigenvalue weighted by atomic mass is 9.89. The maximum Gasteiger partial charge on any atom is 0.408 e. The lowest BCUT2D eigenvalue weighted by Crippen LogP contribution is -2.36. The van der Waals surface area contributed by atoms with Gasteiger partial charge in [-0.3, -0.25) is 0 Å². The van der Waals surface area contributed by atoms with Crippen molar-refractivity contribution < 1.29 is 14.6 Å². The van der Waals surface area contributed by atoms with Gasteiger partial charge in [-0.25, -0.2) is 4.79 Å². The highest BCUT2D eigenvalue weighted by atomic mass is 16.6. The van der Waals surface area contributed by atoms with Crippen LogP contribution in [0, 0.1) is 0 Å². The van der Waals surface area contributed by atoms with Crippen LogP contribution in [0.2, 0.25) is 0 Å². The van der Waals surface area contributed by atoms with Crippen molar-refractivity contribution >= 4 is 6.09 Å². The first-order chi connectivity index (χ1) is 11.3. The Morgan fingerprint density at radius 2 is 1.88 bits per heavy atom. The fourth-order valence-electron chi connectivity index (χ4n) is 3.03. The smallest absolute Gasteiger partial charge is 0.408 e. The zero-order valence-electron chi connectivity index (χ0n) is 15.2. The number of alkyl carbamates (subject to hydrolysis) is 1. The van der Waals surface area contributed by atoms with Crippen molar-refractivity contribution in [2.75, 3.05) is 26.7 Å². The van der Waals surface area contributed by atoms with Gasteiger partial charge >= 0.3 is 6.09 Å². The van der Waals surface area contributed by atoms with E-state index < -0.39 is 17.7 Å². The minimum Gasteiger partial charge on any atom is -0.444 e. The molecule has 1 amide bonds. The van der Waals surface area contributed by atoms with E-state index in [4.69, 9.17) is 4.74 Å². The molecule has 1 unspecified atom stereocenters. The van der Waals surface area contributed by atoms with Crippen LogP contribution in [-0.4, -0.2) is 48.4 Å². The predicted molar refractivity (Wildman–Crippen MR) is 95.1 cm³/mol. The second-order valence-electron chi connectivity index (χ2n) is 7.63. The van der Waals surface area contributed by atoms with Gasteiger partial charge in [0.05, 0.1) is 12.6 Å². The lowest BCUT2D eigenvalue weighted by molar-refractivity contribution is 0.0482. The Balaban J connectivity index is 1.98. The van der Waals surface area contributed by atoms with E-state index in [0.717, 1.165) is 18.7 Å². The third kappa shape index (κ3) is 5.49. The lowest BCUT2D eigenvalue weighted by Gasteiger charge is -2.29. The molecule has 1 aliphatic rings. The summed E-state index contributed by atoms with van der Waals surface area (Å²) in [5.74, 6) is 0.599. The summed E-state index contributed by atoms with van der Waals surface area (Å²) in [5.41, 5.74) is 1.67. The number of benzene rings is 1. The summed E-state index contributed by atoms with van der Waals surface area (Å²) in [7, 11) is 2.16. The number of nitrogens with zero attached hydrogens (tertiary/aromatic N) is 1. The molecule has 1 fully saturated rings. The van der Waals surface area contributed by atoms with Gasteiger partial charge in [0.2, 0.25) is 0 Å². The molecule has 1 aromatic carbocycles. The fourth-order valence-corrected chi connectivity index (χ4v) is 3.03. The van der Waals surface area contributed by atoms with Crippen LogP contribution >= 0.6 is 0 Å². The number of hydrogen-bond acceptors (Lipinski definition) is 4. The van der Waals surface area contributed by atoms with Crippen molar-refractivity contribution in [2.45, 2.75) is 51.2 Å². The molecule has 0 radical (unpaired) electrons. The number of aliphatic hydroxyl groups excluding tert-OH is 1. The van der Waals surface area contributed by atoms with Gasteiger partial charge in [-0.1, -0.05) is 24.3 Å². The Morgan fingerprint density at radius 1 is 1.29 bits per heavy atom. The Labute approximate surface area is 145 Å². The third-order valence-electron chi connectivity index (χ3n) is 4.40. The second kappa shape index (κ2) is 7.99. The molecule has 1 aromatic rings. The summed E-state index contributed by atoms with van der Waals surface area (Å²) in [5, 5.41) is 12.3. The SMILES string of the molecule is CN1CCC(c2ccc(C(CO)NC(=O)OC(C)(C)C)cc2)CC1. The van der Waals surface area contributed by atoms with E-state index in [1.807, 2.05) is 32.9 Å². The molecular formula is C19H30N2O3. The van der Waals surface area contributed by atoms with Crippen LogP contribution in [0.25, 0.3) is 0 Å². The highest BCUT2D eigenvalue weighted by molar-refractivity contribution is 5.68. The van der Waals surface area contributed by atoms with E-state index in [9.17, 15) is 9.90 Å². The summed E-state index contributed by atoms with van der Waals surface area (Å²) in [6, 6.07) is 7.76. The number of piperidine rings is 1. The molecule has 2 N–H and O–H groups in total. The first-order valence-electron chi connectivity index (χ1n) is 8.67. The number of carbonyl (C=O) groups excluding carboxylic acids is 1. The average molecular weight is 334 g/mol. The molecule has 0 saturated carbocycles. The molecule has 1 atom stereocenters. The Hall–Kier alpha value is -1.59. The topological polar surface area (TPSA) is 61.8 Å². The van der Waals surface area contributed by atoms with E-state index >= 15 is 0 Å². The van der Waals surface area contributed by atoms with Crippen LogP contribution < -0.4 is 5.32 Å². The van der Waals surface area contributed by atoms with Gasteiger partial charge in [-0.2, -0.15) is 0 Å². The van der Waals surface area contributed by atoms with Crippen molar-refractivity contribution in [1.29, 1.82) is 0 Å². The van der Waals surface area contributed by atoms with Crippen molar-refractivity contribution in [2.24, 2.45) is 0 Å². The Bertz CT molecular complexity index is 529. The fraction of sp³-hybridized carbons (Fsp3) is 0.632. The minimum atomic E-state index is -0.553. The number of aliphatic hydroxyl groups is 1. The molecule has 5 nitrogen and oxygen atoms in total. The van der Waals surface area contributed by atoms with Crippen LogP contribution in [0.4, 0.5) is 4.79 Å². The van der Waals surface area contributed by atoms with Crippen LogP contribution in [0.1, 0.15) is 56.7 Å². The maximum atomic E-state index is 11.9. The van der Waals surface area contributed by atoms with Gasteiger partial charge < -0.3 is 20.1 Å². The quantitative estimate of drug-likeness (QED) is 0.888. The number of nitrogens with one attached hydrogen (secondary N) is 1. The van der Waals surface area contributed by atoms with Gasteiger partial charge in [0.25, 0.3) is 0 Å². The van der Waals surface area contributed by atoms with E-state index in [-0.39, 0.29) is 6.61 Å². The molecule has 5 heteroatoms. The Morgan fingerprint density at radius 3 is 2.38 bits per heavy atom. The van der Waals surface area contributed by atoms with E-state index in [1.165, 1.54) is 18.4 Å². The molecule has 1 heterocycles. The standard InChI is InChI=1S/C19H30N2O3/c1-19(2,3)24-18(23)20-17(13-22)16-7-5-14(6-8-16)15-9-11-21(4)12-10-15/h5-8,15,17,22H,9-13H2,1-4H3,(H,20,23). The predicted octanol–water partition coefficient (Wildman–Crippen LogP) is 3.05. The van der Waals surface area contributed by atoms with Gasteiger partial charge in [0, 0.05) is 0 Å². The zero-order valence-corrected chi connectivity index (χ0v) is 15.2. The molecule has 0 bridgehead atoms. The molecule has 134 valence electrons. The molecule has 0 aliphatic carbocycles. The summed E-state index contributed by atoms with van der Waals surface area (Å²) in [6.45, 7) is 7.55. The van der Waals surface area contributed by atoms with Crippen molar-refractivity contribution in [1.82, 2.24) is 10.2 Å². The van der Waals surface area contributed by atoms with Crippen molar-refractivity contribution in [3.8, 4) is 0 Å². The number of likely N-dealkylation sites (tertiary alicyclic amines) is 1. The molecule has 0 spiro atoms. The molecule has 1 aliphatic heterocycles. The van der Waals surface area contributed by atoms with Crippen molar-refractivity contribution in [3.63, 3.8) is 0 Å². The number of hydrogen-bond donors (Lipinski definition) is 2. The third-order valence-corrected chi connectivity index (χ3v) is 4.40. The monoisotopic (exact) mass is 334 g/mol. The summed E-state index contributed by atoms with van der Waals surface area (Å²) < 4.78 is 5.25. The van der Waals surface area contributed by atoms with Gasteiger partial charge in [0.1, 0.15) is 5.60 Å². The molecular weight excluding hydrogens is 304 g/mol. The Kier molecular flexibility index (Phi) is 6.24. The zero-order chi connectivity index (χ0) is 17.7. The molecule has 2 rings (SSSR count).